The zero-order valence-electron chi connectivity index (χ0n) is 12.4. The zero-order valence-corrected chi connectivity index (χ0v) is 12.4. The minimum absolute atomic E-state index is 0.0493. The fourth-order valence-electron chi connectivity index (χ4n) is 2.85. The highest BCUT2D eigenvalue weighted by Gasteiger charge is 2.33. The number of carbonyl (C=O) groups is 1. The number of nitrogens with zero attached hydrogens (tertiary/aromatic N) is 1. The number of hydrogen-bond acceptors (Lipinski definition) is 4. The lowest BCUT2D eigenvalue weighted by atomic mass is 9.73. The van der Waals surface area contributed by atoms with Gasteiger partial charge in [0.25, 0.3) is 11.6 Å². The van der Waals surface area contributed by atoms with Gasteiger partial charge < -0.3 is 11.1 Å². The minimum atomic E-state index is -0.573. The first-order valence-electron chi connectivity index (χ1n) is 7.16. The van der Waals surface area contributed by atoms with Crippen molar-refractivity contribution in [2.45, 2.75) is 45.6 Å². The van der Waals surface area contributed by atoms with Gasteiger partial charge in [-0.3, -0.25) is 14.9 Å². The predicted octanol–water partition coefficient (Wildman–Crippen LogP) is 2.88. The van der Waals surface area contributed by atoms with Gasteiger partial charge in [0.2, 0.25) is 0 Å². The van der Waals surface area contributed by atoms with Crippen LogP contribution in [0.5, 0.6) is 0 Å². The lowest BCUT2D eigenvalue weighted by Gasteiger charge is -2.39. The second kappa shape index (κ2) is 5.71. The Morgan fingerprint density at radius 2 is 2.14 bits per heavy atom. The maximum Gasteiger partial charge on any atom is 0.292 e. The molecule has 0 spiro atoms. The molecule has 1 fully saturated rings. The first-order chi connectivity index (χ1) is 9.81. The monoisotopic (exact) mass is 291 g/mol. The summed E-state index contributed by atoms with van der Waals surface area (Å²) in [4.78, 5) is 22.6. The van der Waals surface area contributed by atoms with E-state index in [1.165, 1.54) is 24.6 Å². The molecule has 0 saturated heterocycles. The molecule has 1 aromatic rings. The molecule has 0 radical (unpaired) electrons. The molecule has 0 aromatic heterocycles. The quantitative estimate of drug-likeness (QED) is 0.508. The average Bonchev–Trinajstić information content (AvgIpc) is 2.41. The third-order valence-electron chi connectivity index (χ3n) is 4.30. The Morgan fingerprint density at radius 3 is 2.76 bits per heavy atom. The van der Waals surface area contributed by atoms with E-state index in [1.807, 2.05) is 0 Å². The number of rotatable bonds is 3. The molecule has 6 heteroatoms. The first-order valence-corrected chi connectivity index (χ1v) is 7.16. The number of nitrogens with two attached hydrogens (primary N) is 1. The number of nitro groups is 1. The average molecular weight is 291 g/mol. The lowest BCUT2D eigenvalue weighted by Crippen LogP contribution is -2.46. The van der Waals surface area contributed by atoms with Crippen molar-refractivity contribution in [2.75, 3.05) is 5.73 Å². The summed E-state index contributed by atoms with van der Waals surface area (Å²) in [5, 5.41) is 13.9. The molecule has 0 aliphatic heterocycles. The fourth-order valence-corrected chi connectivity index (χ4v) is 2.85. The third kappa shape index (κ3) is 3.32. The Labute approximate surface area is 123 Å². The SMILES string of the molecule is CC1(C)CCCCC1NC(=O)c1ccc(N)c([N+](=O)[O-])c1. The van der Waals surface area contributed by atoms with Crippen LogP contribution in [0.1, 0.15) is 49.9 Å². The topological polar surface area (TPSA) is 98.3 Å². The second-order valence-corrected chi connectivity index (χ2v) is 6.29. The van der Waals surface area contributed by atoms with E-state index < -0.39 is 4.92 Å². The Morgan fingerprint density at radius 1 is 1.43 bits per heavy atom. The summed E-state index contributed by atoms with van der Waals surface area (Å²) in [6.45, 7) is 4.28. The number of nitrogen functional groups attached to an aromatic ring is 1. The van der Waals surface area contributed by atoms with Gasteiger partial charge in [0, 0.05) is 17.7 Å². The van der Waals surface area contributed by atoms with Crippen LogP contribution in [0.15, 0.2) is 18.2 Å². The van der Waals surface area contributed by atoms with E-state index in [4.69, 9.17) is 5.73 Å². The van der Waals surface area contributed by atoms with E-state index in [9.17, 15) is 14.9 Å². The molecule has 1 unspecified atom stereocenters. The van der Waals surface area contributed by atoms with Crippen molar-refractivity contribution < 1.29 is 9.72 Å². The molecule has 0 heterocycles. The lowest BCUT2D eigenvalue weighted by molar-refractivity contribution is -0.383. The van der Waals surface area contributed by atoms with Gasteiger partial charge in [-0.1, -0.05) is 26.7 Å². The molecule has 114 valence electrons. The van der Waals surface area contributed by atoms with Crippen LogP contribution in [0.2, 0.25) is 0 Å². The molecule has 0 bridgehead atoms. The number of benzene rings is 1. The molecule has 21 heavy (non-hydrogen) atoms. The van der Waals surface area contributed by atoms with Gasteiger partial charge in [-0.25, -0.2) is 0 Å². The highest BCUT2D eigenvalue weighted by Crippen LogP contribution is 2.35. The molecule has 1 atom stereocenters. The van der Waals surface area contributed by atoms with Crippen LogP contribution >= 0.6 is 0 Å². The van der Waals surface area contributed by atoms with Gasteiger partial charge in [0.05, 0.1) is 4.92 Å². The molecular formula is C15H21N3O3. The predicted molar refractivity (Wildman–Crippen MR) is 81.0 cm³/mol. The Bertz CT molecular complexity index is 569. The maximum atomic E-state index is 12.3. The van der Waals surface area contributed by atoms with Crippen molar-refractivity contribution in [3.8, 4) is 0 Å². The van der Waals surface area contributed by atoms with Crippen LogP contribution < -0.4 is 11.1 Å². The van der Waals surface area contributed by atoms with Crippen molar-refractivity contribution in [1.29, 1.82) is 0 Å². The van der Waals surface area contributed by atoms with Crippen molar-refractivity contribution in [3.63, 3.8) is 0 Å². The molecule has 3 N–H and O–H groups in total. The number of amides is 1. The summed E-state index contributed by atoms with van der Waals surface area (Å²) in [5.74, 6) is -0.280. The van der Waals surface area contributed by atoms with Crippen molar-refractivity contribution in [3.05, 3.63) is 33.9 Å². The minimum Gasteiger partial charge on any atom is -0.393 e. The largest absolute Gasteiger partial charge is 0.393 e. The van der Waals surface area contributed by atoms with Crippen molar-refractivity contribution >= 4 is 17.3 Å². The van der Waals surface area contributed by atoms with Crippen LogP contribution in [0.3, 0.4) is 0 Å². The maximum absolute atomic E-state index is 12.3. The Hall–Kier alpha value is -2.11. The van der Waals surface area contributed by atoms with Gasteiger partial charge in [0.15, 0.2) is 0 Å². The van der Waals surface area contributed by atoms with Crippen LogP contribution in [0.25, 0.3) is 0 Å². The summed E-state index contributed by atoms with van der Waals surface area (Å²) in [5.41, 5.74) is 5.70. The number of hydrogen-bond donors (Lipinski definition) is 2. The smallest absolute Gasteiger partial charge is 0.292 e. The fraction of sp³-hybridized carbons (Fsp3) is 0.533. The van der Waals surface area contributed by atoms with Crippen LogP contribution in [0.4, 0.5) is 11.4 Å². The number of nitro benzene ring substituents is 1. The van der Waals surface area contributed by atoms with Crippen LogP contribution in [0, 0.1) is 15.5 Å². The van der Waals surface area contributed by atoms with Gasteiger partial charge in [-0.15, -0.1) is 0 Å². The molecule has 2 rings (SSSR count). The molecule has 1 amide bonds. The molecule has 1 aliphatic rings. The standard InChI is InChI=1S/C15H21N3O3/c1-15(2)8-4-3-5-13(15)17-14(19)10-6-7-11(16)12(9-10)18(20)21/h6-7,9,13H,3-5,8,16H2,1-2H3,(H,17,19). The molecule has 1 aliphatic carbocycles. The second-order valence-electron chi connectivity index (χ2n) is 6.29. The van der Waals surface area contributed by atoms with E-state index in [1.54, 1.807) is 0 Å². The number of carbonyl (C=O) groups excluding carboxylic acids is 1. The van der Waals surface area contributed by atoms with Crippen molar-refractivity contribution in [1.82, 2.24) is 5.32 Å². The summed E-state index contributed by atoms with van der Waals surface area (Å²) < 4.78 is 0. The summed E-state index contributed by atoms with van der Waals surface area (Å²) in [7, 11) is 0. The van der Waals surface area contributed by atoms with E-state index in [0.29, 0.717) is 0 Å². The number of anilines is 1. The Kier molecular flexibility index (Phi) is 4.16. The first kappa shape index (κ1) is 15.3. The Balaban J connectivity index is 2.17. The van der Waals surface area contributed by atoms with E-state index in [2.05, 4.69) is 19.2 Å². The van der Waals surface area contributed by atoms with Gasteiger partial charge in [0.1, 0.15) is 5.69 Å². The van der Waals surface area contributed by atoms with E-state index in [0.717, 1.165) is 19.3 Å². The molecule has 6 nitrogen and oxygen atoms in total. The van der Waals surface area contributed by atoms with Gasteiger partial charge in [-0.2, -0.15) is 0 Å². The van der Waals surface area contributed by atoms with Crippen LogP contribution in [-0.4, -0.2) is 16.9 Å². The molecule has 1 aromatic carbocycles. The third-order valence-corrected chi connectivity index (χ3v) is 4.30. The molecular weight excluding hydrogens is 270 g/mol. The van der Waals surface area contributed by atoms with Gasteiger partial charge >= 0.3 is 0 Å². The normalized spacial score (nSPS) is 20.8. The summed E-state index contributed by atoms with van der Waals surface area (Å²) in [6, 6.07) is 4.25. The highest BCUT2D eigenvalue weighted by molar-refractivity contribution is 5.95. The van der Waals surface area contributed by atoms with Crippen molar-refractivity contribution in [2.24, 2.45) is 5.41 Å². The van der Waals surface area contributed by atoms with Crippen LogP contribution in [-0.2, 0) is 0 Å². The number of nitrogens with one attached hydrogen (secondary N) is 1. The summed E-state index contributed by atoms with van der Waals surface area (Å²) in [6.07, 6.45) is 4.28. The highest BCUT2D eigenvalue weighted by atomic mass is 16.6. The van der Waals surface area contributed by atoms with E-state index in [-0.39, 0.29) is 34.3 Å². The summed E-state index contributed by atoms with van der Waals surface area (Å²) >= 11 is 0. The molecule has 1 saturated carbocycles. The van der Waals surface area contributed by atoms with E-state index >= 15 is 0 Å². The zero-order chi connectivity index (χ0) is 15.6. The van der Waals surface area contributed by atoms with Gasteiger partial charge in [-0.05, 0) is 30.4 Å².